The van der Waals surface area contributed by atoms with E-state index < -0.39 is 11.7 Å². The SMILES string of the molecule is N#Cc1ccc(F)cc1Oc1cc(Br)ccc1C(N)=O. The normalized spacial score (nSPS) is 9.85. The number of carbonyl (C=O) groups excluding carboxylic acids is 1. The van der Waals surface area contributed by atoms with Gasteiger partial charge < -0.3 is 10.5 Å². The molecule has 0 heterocycles. The Hall–Kier alpha value is -2.39. The third-order valence-electron chi connectivity index (χ3n) is 2.49. The predicted octanol–water partition coefficient (Wildman–Crippen LogP) is 3.35. The lowest BCUT2D eigenvalue weighted by Crippen LogP contribution is -2.12. The number of hydrogen-bond acceptors (Lipinski definition) is 3. The Morgan fingerprint density at radius 3 is 2.65 bits per heavy atom. The zero-order valence-corrected chi connectivity index (χ0v) is 11.6. The van der Waals surface area contributed by atoms with E-state index in [-0.39, 0.29) is 22.6 Å². The van der Waals surface area contributed by atoms with E-state index in [2.05, 4.69) is 15.9 Å². The molecular formula is C14H8BrFN2O2. The van der Waals surface area contributed by atoms with E-state index in [0.717, 1.165) is 12.1 Å². The van der Waals surface area contributed by atoms with Crippen molar-refractivity contribution in [3.8, 4) is 17.6 Å². The van der Waals surface area contributed by atoms with Crippen molar-refractivity contribution in [2.45, 2.75) is 0 Å². The number of rotatable bonds is 3. The molecule has 0 saturated carbocycles. The molecule has 20 heavy (non-hydrogen) atoms. The van der Waals surface area contributed by atoms with E-state index in [1.807, 2.05) is 6.07 Å². The van der Waals surface area contributed by atoms with Crippen molar-refractivity contribution in [1.82, 2.24) is 0 Å². The summed E-state index contributed by atoms with van der Waals surface area (Å²) in [5, 5.41) is 8.97. The summed E-state index contributed by atoms with van der Waals surface area (Å²) in [6, 6.07) is 10.0. The van der Waals surface area contributed by atoms with Crippen LogP contribution in [0.4, 0.5) is 4.39 Å². The highest BCUT2D eigenvalue weighted by molar-refractivity contribution is 9.10. The molecule has 0 radical (unpaired) electrons. The van der Waals surface area contributed by atoms with Gasteiger partial charge in [0.2, 0.25) is 0 Å². The summed E-state index contributed by atoms with van der Waals surface area (Å²) >= 11 is 3.24. The Morgan fingerprint density at radius 1 is 1.25 bits per heavy atom. The monoisotopic (exact) mass is 334 g/mol. The number of primary amides is 1. The molecule has 2 aromatic rings. The number of ether oxygens (including phenoxy) is 1. The summed E-state index contributed by atoms with van der Waals surface area (Å²) in [4.78, 5) is 11.3. The molecule has 0 aromatic heterocycles. The molecule has 0 bridgehead atoms. The first-order chi connectivity index (χ1) is 9.51. The second kappa shape index (κ2) is 5.72. The van der Waals surface area contributed by atoms with E-state index in [0.29, 0.717) is 4.47 Å². The first-order valence-corrected chi connectivity index (χ1v) is 6.27. The van der Waals surface area contributed by atoms with E-state index >= 15 is 0 Å². The Balaban J connectivity index is 2.50. The van der Waals surface area contributed by atoms with Crippen LogP contribution in [-0.2, 0) is 0 Å². The average Bonchev–Trinajstić information content (AvgIpc) is 2.38. The number of benzene rings is 2. The van der Waals surface area contributed by atoms with Gasteiger partial charge in [-0.2, -0.15) is 5.26 Å². The van der Waals surface area contributed by atoms with Crippen molar-refractivity contribution in [1.29, 1.82) is 5.26 Å². The van der Waals surface area contributed by atoms with Crippen molar-refractivity contribution in [3.05, 3.63) is 57.8 Å². The van der Waals surface area contributed by atoms with E-state index in [1.54, 1.807) is 6.07 Å². The van der Waals surface area contributed by atoms with Crippen LogP contribution in [0.15, 0.2) is 40.9 Å². The number of hydrogen-bond donors (Lipinski definition) is 1. The van der Waals surface area contributed by atoms with E-state index in [1.165, 1.54) is 18.2 Å². The second-order valence-electron chi connectivity index (χ2n) is 3.86. The summed E-state index contributed by atoms with van der Waals surface area (Å²) in [6.07, 6.45) is 0. The van der Waals surface area contributed by atoms with Gasteiger partial charge in [0, 0.05) is 10.5 Å². The molecule has 2 rings (SSSR count). The van der Waals surface area contributed by atoms with Gasteiger partial charge in [0.05, 0.1) is 11.1 Å². The van der Waals surface area contributed by atoms with Gasteiger partial charge in [-0.3, -0.25) is 4.79 Å². The standard InChI is InChI=1S/C14H8BrFN2O2/c15-9-2-4-11(14(18)19)13(5-9)20-12-6-10(16)3-1-8(12)7-17/h1-6H,(H2,18,19). The van der Waals surface area contributed by atoms with Crippen LogP contribution in [0.2, 0.25) is 0 Å². The van der Waals surface area contributed by atoms with Crippen LogP contribution >= 0.6 is 15.9 Å². The maximum absolute atomic E-state index is 13.2. The molecule has 2 N–H and O–H groups in total. The zero-order chi connectivity index (χ0) is 14.7. The number of nitrogens with two attached hydrogens (primary N) is 1. The number of nitrogens with zero attached hydrogens (tertiary/aromatic N) is 1. The molecule has 0 aliphatic rings. The lowest BCUT2D eigenvalue weighted by molar-refractivity contribution is 0.0998. The van der Waals surface area contributed by atoms with Gasteiger partial charge in [0.1, 0.15) is 23.4 Å². The zero-order valence-electron chi connectivity index (χ0n) is 10.1. The molecule has 0 spiro atoms. The van der Waals surface area contributed by atoms with Crippen LogP contribution in [0, 0.1) is 17.1 Å². The molecule has 0 aliphatic heterocycles. The molecule has 0 unspecified atom stereocenters. The minimum atomic E-state index is -0.678. The van der Waals surface area contributed by atoms with Crippen LogP contribution in [0.3, 0.4) is 0 Å². The fourth-order valence-electron chi connectivity index (χ4n) is 1.58. The molecule has 2 aromatic carbocycles. The van der Waals surface area contributed by atoms with Crippen molar-refractivity contribution in [3.63, 3.8) is 0 Å². The van der Waals surface area contributed by atoms with Gasteiger partial charge in [0.25, 0.3) is 5.91 Å². The van der Waals surface area contributed by atoms with Crippen LogP contribution in [0.5, 0.6) is 11.5 Å². The molecule has 0 saturated heterocycles. The third-order valence-corrected chi connectivity index (χ3v) is 2.99. The second-order valence-corrected chi connectivity index (χ2v) is 4.77. The number of nitriles is 1. The summed E-state index contributed by atoms with van der Waals surface area (Å²) in [7, 11) is 0. The molecule has 4 nitrogen and oxygen atoms in total. The first kappa shape index (κ1) is 14.0. The fraction of sp³-hybridized carbons (Fsp3) is 0. The minimum absolute atomic E-state index is 0.0214. The number of carbonyl (C=O) groups is 1. The van der Waals surface area contributed by atoms with Gasteiger partial charge in [-0.05, 0) is 30.3 Å². The molecule has 0 atom stereocenters. The summed E-state index contributed by atoms with van der Waals surface area (Å²) in [5.74, 6) is -1.06. The molecule has 0 aliphatic carbocycles. The van der Waals surface area contributed by atoms with Crippen molar-refractivity contribution < 1.29 is 13.9 Å². The minimum Gasteiger partial charge on any atom is -0.455 e. The topological polar surface area (TPSA) is 76.1 Å². The Morgan fingerprint density at radius 2 is 2.00 bits per heavy atom. The average molecular weight is 335 g/mol. The molecule has 1 amide bonds. The van der Waals surface area contributed by atoms with Crippen molar-refractivity contribution in [2.75, 3.05) is 0 Å². The fourth-order valence-corrected chi connectivity index (χ4v) is 1.92. The summed E-state index contributed by atoms with van der Waals surface area (Å²) in [5.41, 5.74) is 5.54. The summed E-state index contributed by atoms with van der Waals surface area (Å²) < 4.78 is 19.4. The molecule has 100 valence electrons. The molecular weight excluding hydrogens is 327 g/mol. The van der Waals surface area contributed by atoms with Gasteiger partial charge in [-0.15, -0.1) is 0 Å². The highest BCUT2D eigenvalue weighted by Crippen LogP contribution is 2.30. The van der Waals surface area contributed by atoms with Gasteiger partial charge >= 0.3 is 0 Å². The lowest BCUT2D eigenvalue weighted by atomic mass is 10.2. The largest absolute Gasteiger partial charge is 0.455 e. The van der Waals surface area contributed by atoms with E-state index in [9.17, 15) is 9.18 Å². The van der Waals surface area contributed by atoms with Gasteiger partial charge in [0.15, 0.2) is 0 Å². The quantitative estimate of drug-likeness (QED) is 0.934. The Bertz CT molecular complexity index is 726. The maximum Gasteiger partial charge on any atom is 0.252 e. The maximum atomic E-state index is 13.2. The van der Waals surface area contributed by atoms with Crippen LogP contribution in [-0.4, -0.2) is 5.91 Å². The van der Waals surface area contributed by atoms with Gasteiger partial charge in [-0.25, -0.2) is 4.39 Å². The smallest absolute Gasteiger partial charge is 0.252 e. The predicted molar refractivity (Wildman–Crippen MR) is 73.8 cm³/mol. The summed E-state index contributed by atoms with van der Waals surface area (Å²) in [6.45, 7) is 0. The number of halogens is 2. The van der Waals surface area contributed by atoms with Crippen molar-refractivity contribution in [2.24, 2.45) is 5.73 Å². The van der Waals surface area contributed by atoms with Gasteiger partial charge in [-0.1, -0.05) is 15.9 Å². The van der Waals surface area contributed by atoms with Crippen LogP contribution in [0.25, 0.3) is 0 Å². The van der Waals surface area contributed by atoms with Crippen LogP contribution in [0.1, 0.15) is 15.9 Å². The molecule has 0 fully saturated rings. The lowest BCUT2D eigenvalue weighted by Gasteiger charge is -2.11. The number of amides is 1. The third kappa shape index (κ3) is 2.95. The van der Waals surface area contributed by atoms with E-state index in [4.69, 9.17) is 15.7 Å². The Labute approximate surface area is 122 Å². The van der Waals surface area contributed by atoms with Crippen LogP contribution < -0.4 is 10.5 Å². The van der Waals surface area contributed by atoms with Crippen molar-refractivity contribution >= 4 is 21.8 Å². The highest BCUT2D eigenvalue weighted by atomic mass is 79.9. The first-order valence-electron chi connectivity index (χ1n) is 5.48. The Kier molecular flexibility index (Phi) is 4.01. The molecule has 6 heteroatoms. The highest BCUT2D eigenvalue weighted by Gasteiger charge is 2.13.